The second-order valence-corrected chi connectivity index (χ2v) is 9.53. The number of aromatic amines is 1. The van der Waals surface area contributed by atoms with Crippen molar-refractivity contribution in [1.29, 1.82) is 0 Å². The van der Waals surface area contributed by atoms with Crippen LogP contribution in [0.4, 0.5) is 10.2 Å². The summed E-state index contributed by atoms with van der Waals surface area (Å²) in [5, 5.41) is 29.5. The van der Waals surface area contributed by atoms with Crippen molar-refractivity contribution >= 4 is 5.82 Å². The number of phenolic OH excluding ortho intramolecular Hbond substituents is 1. The fourth-order valence-corrected chi connectivity index (χ4v) is 5.33. The van der Waals surface area contributed by atoms with Gasteiger partial charge in [0.1, 0.15) is 11.6 Å². The molecule has 7 nitrogen and oxygen atoms in total. The molecule has 3 atom stereocenters. The molecule has 3 N–H and O–H groups in total. The molecule has 5 rings (SSSR count). The summed E-state index contributed by atoms with van der Waals surface area (Å²) in [6.07, 6.45) is 7.59. The molecule has 0 aliphatic carbocycles. The van der Waals surface area contributed by atoms with Gasteiger partial charge in [-0.2, -0.15) is 5.10 Å². The Morgan fingerprint density at radius 3 is 2.45 bits per heavy atom. The predicted molar refractivity (Wildman–Crippen MR) is 117 cm³/mol. The number of phenols is 1. The number of fused-ring (bicyclic) bond motifs is 2. The van der Waals surface area contributed by atoms with E-state index >= 15 is 0 Å². The number of piperidine rings is 1. The van der Waals surface area contributed by atoms with Gasteiger partial charge in [0.05, 0.1) is 11.9 Å². The van der Waals surface area contributed by atoms with E-state index in [4.69, 9.17) is 0 Å². The number of nitrogens with zero attached hydrogens (tertiary/aromatic N) is 4. The van der Waals surface area contributed by atoms with Crippen molar-refractivity contribution in [3.8, 4) is 28.1 Å². The van der Waals surface area contributed by atoms with E-state index in [1.165, 1.54) is 31.2 Å². The molecule has 2 aliphatic rings. The van der Waals surface area contributed by atoms with E-state index < -0.39 is 5.82 Å². The highest BCUT2D eigenvalue weighted by Crippen LogP contribution is 2.44. The lowest BCUT2D eigenvalue weighted by atomic mass is 9.84. The highest BCUT2D eigenvalue weighted by molar-refractivity contribution is 5.74. The Morgan fingerprint density at radius 2 is 1.84 bits per heavy atom. The molecule has 2 bridgehead atoms. The first kappa shape index (κ1) is 19.9. The molecule has 0 radical (unpaired) electrons. The minimum Gasteiger partial charge on any atom is -0.507 e. The first-order valence-electron chi connectivity index (χ1n) is 10.6. The van der Waals surface area contributed by atoms with Crippen LogP contribution in [0.15, 0.2) is 36.7 Å². The Hall–Kier alpha value is -3.00. The summed E-state index contributed by atoms with van der Waals surface area (Å²) < 4.78 is 14.7. The van der Waals surface area contributed by atoms with E-state index in [0.29, 0.717) is 22.9 Å². The summed E-state index contributed by atoms with van der Waals surface area (Å²) in [4.78, 5) is 2.20. The van der Waals surface area contributed by atoms with Gasteiger partial charge < -0.3 is 15.3 Å². The summed E-state index contributed by atoms with van der Waals surface area (Å²) in [6.45, 7) is 4.61. The summed E-state index contributed by atoms with van der Waals surface area (Å²) in [5.41, 5.74) is 1.92. The van der Waals surface area contributed by atoms with Crippen LogP contribution in [0, 0.1) is 5.82 Å². The van der Waals surface area contributed by atoms with Gasteiger partial charge in [-0.05, 0) is 63.8 Å². The highest BCUT2D eigenvalue weighted by Gasteiger charge is 2.49. The Labute approximate surface area is 180 Å². The van der Waals surface area contributed by atoms with Gasteiger partial charge in [0, 0.05) is 47.1 Å². The normalized spacial score (nSPS) is 27.4. The van der Waals surface area contributed by atoms with Gasteiger partial charge in [-0.1, -0.05) is 0 Å². The smallest absolute Gasteiger partial charge is 0.151 e. The highest BCUT2D eigenvalue weighted by atomic mass is 19.1. The Kier molecular flexibility index (Phi) is 4.51. The van der Waals surface area contributed by atoms with Crippen LogP contribution in [-0.4, -0.2) is 49.7 Å². The van der Waals surface area contributed by atoms with Crippen LogP contribution in [0.1, 0.15) is 39.5 Å². The van der Waals surface area contributed by atoms with Crippen LogP contribution in [-0.2, 0) is 0 Å². The lowest BCUT2D eigenvalue weighted by Crippen LogP contribution is -2.58. The zero-order valence-corrected chi connectivity index (χ0v) is 18.0. The molecule has 162 valence electrons. The van der Waals surface area contributed by atoms with Crippen molar-refractivity contribution in [2.75, 3.05) is 11.9 Å². The lowest BCUT2D eigenvalue weighted by Gasteiger charge is -2.45. The average molecular weight is 423 g/mol. The quantitative estimate of drug-likeness (QED) is 0.591. The lowest BCUT2D eigenvalue weighted by molar-refractivity contribution is 0.207. The van der Waals surface area contributed by atoms with Gasteiger partial charge in [0.25, 0.3) is 0 Å². The molecule has 1 aromatic carbocycles. The third kappa shape index (κ3) is 3.54. The van der Waals surface area contributed by atoms with Crippen molar-refractivity contribution in [1.82, 2.24) is 25.7 Å². The molecule has 4 heterocycles. The van der Waals surface area contributed by atoms with E-state index in [1.54, 1.807) is 12.3 Å². The third-order valence-corrected chi connectivity index (χ3v) is 6.93. The summed E-state index contributed by atoms with van der Waals surface area (Å²) in [6, 6.07) is 6.72. The van der Waals surface area contributed by atoms with Gasteiger partial charge in [0.15, 0.2) is 5.82 Å². The number of hydrogen-bond donors (Lipinski definition) is 3. The van der Waals surface area contributed by atoms with Crippen LogP contribution >= 0.6 is 0 Å². The van der Waals surface area contributed by atoms with Crippen LogP contribution in [0.25, 0.3) is 22.4 Å². The molecule has 0 unspecified atom stereocenters. The molecule has 2 aliphatic heterocycles. The van der Waals surface area contributed by atoms with E-state index in [0.717, 1.165) is 18.7 Å². The minimum atomic E-state index is -0.455. The number of aromatic hydroxyl groups is 1. The second kappa shape index (κ2) is 7.02. The van der Waals surface area contributed by atoms with Crippen molar-refractivity contribution < 1.29 is 9.50 Å². The molecule has 3 aromatic rings. The van der Waals surface area contributed by atoms with Crippen molar-refractivity contribution in [2.24, 2.45) is 0 Å². The van der Waals surface area contributed by atoms with Crippen LogP contribution in [0.2, 0.25) is 0 Å². The largest absolute Gasteiger partial charge is 0.507 e. The maximum atomic E-state index is 14.7. The molecular weight excluding hydrogens is 395 g/mol. The SMILES string of the molecule is CN(c1ccc(-c2cc(F)c(-c3cn[nH]c3)cc2O)nn1)[C@@H]1C[C@]2(C)CC[C@](C)(C1)N2. The number of halogens is 1. The molecule has 31 heavy (non-hydrogen) atoms. The molecule has 8 heteroatoms. The predicted octanol–water partition coefficient (Wildman–Crippen LogP) is 3.88. The molecule has 0 amide bonds. The molecule has 2 fully saturated rings. The minimum absolute atomic E-state index is 0.0521. The number of nitrogens with one attached hydrogen (secondary N) is 2. The fourth-order valence-electron chi connectivity index (χ4n) is 5.33. The van der Waals surface area contributed by atoms with E-state index in [9.17, 15) is 9.50 Å². The topological polar surface area (TPSA) is 90.0 Å². The molecule has 2 saturated heterocycles. The van der Waals surface area contributed by atoms with Crippen molar-refractivity contribution in [2.45, 2.75) is 56.7 Å². The number of anilines is 1. The van der Waals surface area contributed by atoms with Gasteiger partial charge in [-0.25, -0.2) is 4.39 Å². The maximum Gasteiger partial charge on any atom is 0.151 e. The number of hydrogen-bond acceptors (Lipinski definition) is 6. The summed E-state index contributed by atoms with van der Waals surface area (Å²) >= 11 is 0. The van der Waals surface area contributed by atoms with Crippen molar-refractivity contribution in [3.63, 3.8) is 0 Å². The standard InChI is InChI=1S/C23H27FN6O/c1-22-6-7-23(2,29-22)11-15(10-22)30(3)21-5-4-19(27-28-21)17-8-18(24)16(9-20(17)31)14-12-25-26-13-14/h4-5,8-9,12-13,15,29,31H,6-7,10-11H2,1-3H3,(H,25,26)/t15-,22+,23-. The Morgan fingerprint density at radius 1 is 1.10 bits per heavy atom. The fraction of sp³-hybridized carbons (Fsp3) is 0.435. The molecule has 0 spiro atoms. The molecular formula is C23H27FN6O. The average Bonchev–Trinajstić information content (AvgIpc) is 3.34. The summed E-state index contributed by atoms with van der Waals surface area (Å²) in [5.74, 6) is 0.268. The summed E-state index contributed by atoms with van der Waals surface area (Å²) in [7, 11) is 2.06. The maximum absolute atomic E-state index is 14.7. The first-order chi connectivity index (χ1) is 14.8. The molecule has 0 saturated carbocycles. The van der Waals surface area contributed by atoms with E-state index in [2.05, 4.69) is 51.5 Å². The molecule has 2 aromatic heterocycles. The number of aromatic nitrogens is 4. The van der Waals surface area contributed by atoms with Crippen LogP contribution in [0.5, 0.6) is 5.75 Å². The van der Waals surface area contributed by atoms with Crippen LogP contribution < -0.4 is 10.2 Å². The van der Waals surface area contributed by atoms with Gasteiger partial charge in [-0.15, -0.1) is 10.2 Å². The van der Waals surface area contributed by atoms with Gasteiger partial charge in [0.2, 0.25) is 0 Å². The second-order valence-electron chi connectivity index (χ2n) is 9.53. The monoisotopic (exact) mass is 422 g/mol. The zero-order valence-electron chi connectivity index (χ0n) is 18.0. The van der Waals surface area contributed by atoms with Gasteiger partial charge >= 0.3 is 0 Å². The zero-order chi connectivity index (χ0) is 21.8. The number of H-pyrrole nitrogens is 1. The Bertz CT molecular complexity index is 1080. The number of rotatable bonds is 4. The third-order valence-electron chi connectivity index (χ3n) is 6.93. The first-order valence-corrected chi connectivity index (χ1v) is 10.6. The van der Waals surface area contributed by atoms with E-state index in [-0.39, 0.29) is 22.4 Å². The van der Waals surface area contributed by atoms with E-state index in [1.807, 2.05) is 6.07 Å². The van der Waals surface area contributed by atoms with Crippen LogP contribution in [0.3, 0.4) is 0 Å². The van der Waals surface area contributed by atoms with Gasteiger partial charge in [-0.3, -0.25) is 5.10 Å². The Balaban J connectivity index is 1.39. The van der Waals surface area contributed by atoms with Crippen molar-refractivity contribution in [3.05, 3.63) is 42.5 Å². The number of benzene rings is 1.